The Morgan fingerprint density at radius 2 is 0.837 bits per heavy atom. The van der Waals surface area contributed by atoms with E-state index in [1.54, 1.807) is 0 Å². The maximum atomic E-state index is 12.6. The molecule has 0 aromatic heterocycles. The number of carbonyl (C=O) groups is 4. The number of hydrogen-bond acceptors (Lipinski definition) is 4. The Hall–Kier alpha value is -2.50. The monoisotopic (exact) mass is 706 g/mol. The molecule has 0 spiro atoms. The molecule has 2 aromatic carbocycles. The summed E-state index contributed by atoms with van der Waals surface area (Å²) in [5, 5.41) is 18.9. The third-order valence-corrected chi connectivity index (χ3v) is 10.8. The van der Waals surface area contributed by atoms with E-state index in [-0.39, 0.29) is 73.3 Å². The molecule has 2 saturated carbocycles. The van der Waals surface area contributed by atoms with Crippen molar-refractivity contribution in [3.63, 3.8) is 0 Å². The molecule has 2 aliphatic heterocycles. The first-order chi connectivity index (χ1) is 22.3. The summed E-state index contributed by atoms with van der Waals surface area (Å²) in [6.45, 7) is 3.34. The number of amides is 2. The van der Waals surface area contributed by atoms with E-state index in [0.717, 1.165) is 37.3 Å². The fourth-order valence-corrected chi connectivity index (χ4v) is 8.19. The summed E-state index contributed by atoms with van der Waals surface area (Å²) in [6.07, 6.45) is 11.1. The number of carbonyl (C=O) groups excluding carboxylic acids is 2. The molecular weight excluding hydrogens is 653 g/mol. The van der Waals surface area contributed by atoms with Crippen LogP contribution in [0.3, 0.4) is 0 Å². The molecule has 2 aliphatic carbocycles. The zero-order valence-corrected chi connectivity index (χ0v) is 30.9. The van der Waals surface area contributed by atoms with Crippen molar-refractivity contribution in [2.75, 3.05) is 26.2 Å². The van der Waals surface area contributed by atoms with Crippen LogP contribution in [0.1, 0.15) is 75.3 Å². The molecule has 2 saturated heterocycles. The van der Waals surface area contributed by atoms with Gasteiger partial charge in [-0.3, -0.25) is 19.2 Å². The van der Waals surface area contributed by atoms with E-state index in [0.29, 0.717) is 36.5 Å². The fraction of sp³-hybridized carbons (Fsp3) is 0.579. The molecule has 10 nitrogen and oxygen atoms in total. The Bertz CT molecular complexity index is 1200. The maximum absolute atomic E-state index is 12.6. The summed E-state index contributed by atoms with van der Waals surface area (Å²) < 4.78 is 0. The summed E-state index contributed by atoms with van der Waals surface area (Å²) in [5.41, 5.74) is 1.95. The Labute approximate surface area is 320 Å². The molecule has 6 rings (SSSR count). The van der Waals surface area contributed by atoms with E-state index in [1.165, 1.54) is 51.4 Å². The van der Waals surface area contributed by atoms with Gasteiger partial charge < -0.3 is 31.0 Å². The third kappa shape index (κ3) is 12.3. The molecule has 49 heavy (non-hydrogen) atoms. The first-order valence-corrected chi connectivity index (χ1v) is 17.4. The molecule has 6 N–H and O–H groups in total. The van der Waals surface area contributed by atoms with Crippen molar-refractivity contribution < 1.29 is 40.3 Å². The molecule has 2 unspecified atom stereocenters. The minimum atomic E-state index is -0.876. The van der Waals surface area contributed by atoms with E-state index in [4.69, 9.17) is 0 Å². The Balaban J connectivity index is 0.000000321. The smallest absolute Gasteiger partial charge is 0.307 e. The molecule has 4 aliphatic rings. The number of nitrogens with zero attached hydrogens (tertiary/aromatic N) is 2. The minimum absolute atomic E-state index is 0. The summed E-state index contributed by atoms with van der Waals surface area (Å²) in [6, 6.07) is 19.1. The summed E-state index contributed by atoms with van der Waals surface area (Å²) >= 11 is 0. The molecule has 11 heteroatoms. The van der Waals surface area contributed by atoms with Crippen LogP contribution >= 0.6 is 0 Å². The number of carboxylic acid groups (broad SMARTS) is 2. The van der Waals surface area contributed by atoms with E-state index in [2.05, 4.69) is 0 Å². The van der Waals surface area contributed by atoms with Gasteiger partial charge in [0.1, 0.15) is 0 Å². The molecule has 0 bridgehead atoms. The normalized spacial score (nSPS) is 23.4. The number of likely N-dealkylation sites (tertiary alicyclic amines) is 2. The summed E-state index contributed by atoms with van der Waals surface area (Å²) in [4.78, 5) is 52.0. The zero-order valence-electron chi connectivity index (χ0n) is 28.7. The quantitative estimate of drug-likeness (QED) is 0.354. The average molecular weight is 707 g/mol. The Morgan fingerprint density at radius 3 is 1.10 bits per heavy atom. The number of aliphatic carboxylic acids is 2. The molecule has 2 amide bonds. The van der Waals surface area contributed by atoms with E-state index < -0.39 is 23.8 Å². The van der Waals surface area contributed by atoms with Gasteiger partial charge in [0.25, 0.3) is 0 Å². The molecule has 4 fully saturated rings. The first-order valence-electron chi connectivity index (χ1n) is 17.4. The van der Waals surface area contributed by atoms with Gasteiger partial charge in [0.05, 0.1) is 11.8 Å². The second-order valence-electron chi connectivity index (χ2n) is 14.1. The van der Waals surface area contributed by atoms with Gasteiger partial charge in [0.15, 0.2) is 0 Å². The molecule has 2 aromatic rings. The molecule has 2 radical (unpaired) electrons. The van der Waals surface area contributed by atoms with Crippen molar-refractivity contribution in [1.82, 2.24) is 9.80 Å². The topological polar surface area (TPSA) is 178 Å². The summed E-state index contributed by atoms with van der Waals surface area (Å²) in [5.74, 6) is -0.409. The van der Waals surface area contributed by atoms with Crippen LogP contribution in [-0.4, -0.2) is 119 Å². The van der Waals surface area contributed by atoms with Crippen molar-refractivity contribution in [1.29, 1.82) is 0 Å². The Morgan fingerprint density at radius 1 is 0.551 bits per heavy atom. The van der Waals surface area contributed by atoms with Gasteiger partial charge >= 0.3 is 11.9 Å². The van der Waals surface area contributed by atoms with Crippen LogP contribution in [-0.2, 0) is 32.0 Å². The number of benzene rings is 2. The van der Waals surface area contributed by atoms with E-state index in [1.807, 2.05) is 70.5 Å². The van der Waals surface area contributed by atoms with Crippen LogP contribution in [0.5, 0.6) is 0 Å². The molecule has 266 valence electrons. The fourth-order valence-electron chi connectivity index (χ4n) is 8.19. The van der Waals surface area contributed by atoms with Gasteiger partial charge in [0, 0.05) is 76.8 Å². The summed E-state index contributed by atoms with van der Waals surface area (Å²) in [7, 11) is 0. The molecular formula is C38H54CaN2O8. The number of carboxylic acids is 2. The maximum Gasteiger partial charge on any atom is 0.307 e. The van der Waals surface area contributed by atoms with Crippen LogP contribution < -0.4 is 0 Å². The second-order valence-corrected chi connectivity index (χ2v) is 14.1. The second kappa shape index (κ2) is 21.0. The van der Waals surface area contributed by atoms with Crippen LogP contribution in [0, 0.1) is 35.5 Å². The van der Waals surface area contributed by atoms with Crippen LogP contribution in [0.25, 0.3) is 0 Å². The van der Waals surface area contributed by atoms with Gasteiger partial charge in [-0.1, -0.05) is 86.3 Å². The largest absolute Gasteiger partial charge is 0.481 e. The third-order valence-electron chi connectivity index (χ3n) is 10.8. The standard InChI is InChI=1S/2C19H25NO3.Ca.2H2O/c2*21-18(20-12-15-8-4-5-9-16(15)13-20)11-17(19(22)23)10-14-6-2-1-3-7-14;;;/h2*1-3,6-7,15-17H,4-5,8-13H2,(H,22,23);;2*1H2/t2*15-,16+,17?;;;. The SMILES string of the molecule is O.O.O=C(O)C(CC(=O)N1C[C@H]2CCCC[C@H]2C1)Cc1ccccc1.O=C(O)C(CC(=O)N1C[C@H]2CCCC[C@H]2C1)Cc1ccccc1.[Ca]. The van der Waals surface area contributed by atoms with Gasteiger partial charge in [-0.25, -0.2) is 0 Å². The van der Waals surface area contributed by atoms with Crippen LogP contribution in [0.15, 0.2) is 60.7 Å². The van der Waals surface area contributed by atoms with Gasteiger partial charge in [-0.05, 0) is 73.3 Å². The average Bonchev–Trinajstić information content (AvgIpc) is 3.70. The minimum Gasteiger partial charge on any atom is -0.481 e. The van der Waals surface area contributed by atoms with Crippen molar-refractivity contribution in [2.45, 2.75) is 77.0 Å². The number of rotatable bonds is 10. The zero-order chi connectivity index (χ0) is 32.5. The van der Waals surface area contributed by atoms with E-state index >= 15 is 0 Å². The predicted molar refractivity (Wildman–Crippen MR) is 189 cm³/mol. The van der Waals surface area contributed by atoms with Crippen molar-refractivity contribution in [3.05, 3.63) is 71.8 Å². The molecule has 6 atom stereocenters. The number of fused-ring (bicyclic) bond motifs is 2. The number of hydrogen-bond donors (Lipinski definition) is 2. The van der Waals surface area contributed by atoms with Crippen LogP contribution in [0.4, 0.5) is 0 Å². The van der Waals surface area contributed by atoms with Crippen molar-refractivity contribution in [2.24, 2.45) is 35.5 Å². The predicted octanol–water partition coefficient (Wildman–Crippen LogP) is 3.91. The van der Waals surface area contributed by atoms with Crippen LogP contribution in [0.2, 0.25) is 0 Å². The Kier molecular flexibility index (Phi) is 18.3. The van der Waals surface area contributed by atoms with Crippen molar-refractivity contribution >= 4 is 61.5 Å². The van der Waals surface area contributed by atoms with Gasteiger partial charge in [0.2, 0.25) is 11.8 Å². The van der Waals surface area contributed by atoms with E-state index in [9.17, 15) is 29.4 Å². The van der Waals surface area contributed by atoms with Gasteiger partial charge in [-0.2, -0.15) is 0 Å². The first kappa shape index (κ1) is 42.7. The molecule has 2 heterocycles. The van der Waals surface area contributed by atoms with Gasteiger partial charge in [-0.15, -0.1) is 0 Å². The van der Waals surface area contributed by atoms with Crippen molar-refractivity contribution in [3.8, 4) is 0 Å².